The second-order valence-electron chi connectivity index (χ2n) is 8.44. The molecule has 0 unspecified atom stereocenters. The minimum absolute atomic E-state index is 0.748. The molecule has 0 amide bonds. The number of hydrogen-bond donors (Lipinski definition) is 2. The van der Waals surface area contributed by atoms with E-state index in [1.165, 1.54) is 42.9 Å². The molecular formula is C24H39N7. The number of hydrogen-bond acceptors (Lipinski definition) is 4. The SMILES string of the molecule is CN=C(NCCCCN1CCN(Cc2ccccc2)CC1)NCc1c(C)nn(C)c1C. The van der Waals surface area contributed by atoms with Crippen LogP contribution in [0.15, 0.2) is 35.3 Å². The van der Waals surface area contributed by atoms with Gasteiger partial charge in [-0.2, -0.15) is 5.10 Å². The summed E-state index contributed by atoms with van der Waals surface area (Å²) in [6, 6.07) is 10.8. The fourth-order valence-corrected chi connectivity index (χ4v) is 4.15. The molecule has 2 heterocycles. The Morgan fingerprint density at radius 2 is 1.71 bits per heavy atom. The summed E-state index contributed by atoms with van der Waals surface area (Å²) in [6.45, 7) is 12.8. The zero-order chi connectivity index (χ0) is 22.1. The predicted octanol–water partition coefficient (Wildman–Crippen LogP) is 2.30. The van der Waals surface area contributed by atoms with E-state index in [0.29, 0.717) is 0 Å². The van der Waals surface area contributed by atoms with Gasteiger partial charge in [0.15, 0.2) is 5.96 Å². The molecule has 7 heteroatoms. The number of aromatic nitrogens is 2. The van der Waals surface area contributed by atoms with E-state index in [-0.39, 0.29) is 0 Å². The molecule has 3 rings (SSSR count). The molecule has 1 aromatic heterocycles. The third-order valence-corrected chi connectivity index (χ3v) is 6.22. The third kappa shape index (κ3) is 7.08. The molecule has 0 spiro atoms. The van der Waals surface area contributed by atoms with Crippen LogP contribution in [-0.4, -0.2) is 71.9 Å². The van der Waals surface area contributed by atoms with Crippen molar-refractivity contribution in [2.75, 3.05) is 46.3 Å². The van der Waals surface area contributed by atoms with Gasteiger partial charge in [0.05, 0.1) is 5.69 Å². The fourth-order valence-electron chi connectivity index (χ4n) is 4.15. The van der Waals surface area contributed by atoms with Crippen LogP contribution in [-0.2, 0) is 20.1 Å². The van der Waals surface area contributed by atoms with Crippen LogP contribution in [0.1, 0.15) is 35.4 Å². The minimum Gasteiger partial charge on any atom is -0.356 e. The maximum atomic E-state index is 4.48. The Morgan fingerprint density at radius 1 is 1.00 bits per heavy atom. The van der Waals surface area contributed by atoms with E-state index in [0.717, 1.165) is 50.8 Å². The van der Waals surface area contributed by atoms with Crippen molar-refractivity contribution in [3.8, 4) is 0 Å². The first-order valence-electron chi connectivity index (χ1n) is 11.5. The quantitative estimate of drug-likeness (QED) is 0.367. The van der Waals surface area contributed by atoms with Crippen molar-refractivity contribution in [2.24, 2.45) is 12.0 Å². The maximum absolute atomic E-state index is 4.48. The molecule has 1 fully saturated rings. The lowest BCUT2D eigenvalue weighted by Gasteiger charge is -2.34. The number of guanidine groups is 1. The maximum Gasteiger partial charge on any atom is 0.191 e. The molecule has 1 aliphatic rings. The van der Waals surface area contributed by atoms with Gasteiger partial charge in [-0.15, -0.1) is 0 Å². The first-order chi connectivity index (χ1) is 15.1. The molecular weight excluding hydrogens is 386 g/mol. The van der Waals surface area contributed by atoms with Gasteiger partial charge in [-0.3, -0.25) is 14.6 Å². The molecule has 7 nitrogen and oxygen atoms in total. The molecule has 1 aliphatic heterocycles. The Bertz CT molecular complexity index is 820. The Kier molecular flexibility index (Phi) is 8.91. The van der Waals surface area contributed by atoms with Crippen molar-refractivity contribution < 1.29 is 0 Å². The minimum atomic E-state index is 0.748. The van der Waals surface area contributed by atoms with Gasteiger partial charge < -0.3 is 15.5 Å². The number of benzene rings is 1. The van der Waals surface area contributed by atoms with Gasteiger partial charge in [-0.1, -0.05) is 30.3 Å². The van der Waals surface area contributed by atoms with Crippen molar-refractivity contribution in [1.82, 2.24) is 30.2 Å². The van der Waals surface area contributed by atoms with Gasteiger partial charge in [-0.25, -0.2) is 0 Å². The van der Waals surface area contributed by atoms with Crippen molar-refractivity contribution >= 4 is 5.96 Å². The Balaban J connectivity index is 1.27. The van der Waals surface area contributed by atoms with Crippen LogP contribution in [0, 0.1) is 13.8 Å². The van der Waals surface area contributed by atoms with Crippen molar-refractivity contribution in [3.63, 3.8) is 0 Å². The fraction of sp³-hybridized carbons (Fsp3) is 0.583. The second-order valence-corrected chi connectivity index (χ2v) is 8.44. The lowest BCUT2D eigenvalue weighted by Crippen LogP contribution is -2.46. The standard InChI is InChI=1S/C24H39N7/c1-20-23(21(2)29(4)28-20)18-27-24(25-3)26-12-8-9-13-30-14-16-31(17-15-30)19-22-10-6-5-7-11-22/h5-7,10-11H,8-9,12-19H2,1-4H3,(H2,25,26,27). The highest BCUT2D eigenvalue weighted by Crippen LogP contribution is 2.11. The molecule has 0 saturated carbocycles. The Hall–Kier alpha value is -2.38. The zero-order valence-electron chi connectivity index (χ0n) is 19.7. The average molecular weight is 426 g/mol. The zero-order valence-corrected chi connectivity index (χ0v) is 19.7. The first kappa shape index (κ1) is 23.3. The molecule has 0 bridgehead atoms. The summed E-state index contributed by atoms with van der Waals surface area (Å²) < 4.78 is 1.93. The number of nitrogens with one attached hydrogen (secondary N) is 2. The van der Waals surface area contributed by atoms with Gasteiger partial charge in [0.1, 0.15) is 0 Å². The molecule has 0 radical (unpaired) electrons. The first-order valence-corrected chi connectivity index (χ1v) is 11.5. The van der Waals surface area contributed by atoms with Crippen molar-refractivity contribution in [3.05, 3.63) is 52.8 Å². The topological polar surface area (TPSA) is 60.7 Å². The average Bonchev–Trinajstić information content (AvgIpc) is 3.03. The van der Waals surface area contributed by atoms with Gasteiger partial charge in [0, 0.05) is 71.2 Å². The number of piperazine rings is 1. The Morgan fingerprint density at radius 3 is 2.35 bits per heavy atom. The van der Waals surface area contributed by atoms with E-state index in [9.17, 15) is 0 Å². The third-order valence-electron chi connectivity index (χ3n) is 6.22. The van der Waals surface area contributed by atoms with Crippen LogP contribution in [0.25, 0.3) is 0 Å². The number of aliphatic imine (C=N–C) groups is 1. The highest BCUT2D eigenvalue weighted by atomic mass is 15.3. The molecule has 1 aromatic carbocycles. The number of aryl methyl sites for hydroxylation is 2. The molecule has 170 valence electrons. The van der Waals surface area contributed by atoms with Crippen LogP contribution in [0.5, 0.6) is 0 Å². The lowest BCUT2D eigenvalue weighted by atomic mass is 10.2. The van der Waals surface area contributed by atoms with E-state index in [1.54, 1.807) is 0 Å². The number of rotatable bonds is 9. The molecule has 31 heavy (non-hydrogen) atoms. The molecule has 0 aliphatic carbocycles. The van der Waals surface area contributed by atoms with E-state index < -0.39 is 0 Å². The monoisotopic (exact) mass is 425 g/mol. The summed E-state index contributed by atoms with van der Waals surface area (Å²) in [4.78, 5) is 9.51. The van der Waals surface area contributed by atoms with Gasteiger partial charge in [0.25, 0.3) is 0 Å². The smallest absolute Gasteiger partial charge is 0.191 e. The summed E-state index contributed by atoms with van der Waals surface area (Å²) in [5, 5.41) is 11.3. The second kappa shape index (κ2) is 11.9. The molecule has 0 atom stereocenters. The summed E-state index contributed by atoms with van der Waals surface area (Å²) >= 11 is 0. The highest BCUT2D eigenvalue weighted by Gasteiger charge is 2.16. The normalized spacial score (nSPS) is 15.9. The van der Waals surface area contributed by atoms with E-state index >= 15 is 0 Å². The van der Waals surface area contributed by atoms with Crippen LogP contribution in [0.2, 0.25) is 0 Å². The van der Waals surface area contributed by atoms with Crippen LogP contribution < -0.4 is 10.6 Å². The molecule has 1 saturated heterocycles. The Labute approximate surface area is 187 Å². The summed E-state index contributed by atoms with van der Waals surface area (Å²) in [5.41, 5.74) is 4.94. The van der Waals surface area contributed by atoms with E-state index in [4.69, 9.17) is 0 Å². The van der Waals surface area contributed by atoms with Gasteiger partial charge >= 0.3 is 0 Å². The van der Waals surface area contributed by atoms with Crippen LogP contribution in [0.3, 0.4) is 0 Å². The van der Waals surface area contributed by atoms with Gasteiger partial charge in [0.2, 0.25) is 0 Å². The van der Waals surface area contributed by atoms with Crippen molar-refractivity contribution in [1.29, 1.82) is 0 Å². The molecule has 2 aromatic rings. The molecule has 2 N–H and O–H groups in total. The van der Waals surface area contributed by atoms with E-state index in [2.05, 4.69) is 74.7 Å². The van der Waals surface area contributed by atoms with Crippen molar-refractivity contribution in [2.45, 2.75) is 39.8 Å². The lowest BCUT2D eigenvalue weighted by molar-refractivity contribution is 0.126. The van der Waals surface area contributed by atoms with Gasteiger partial charge in [-0.05, 0) is 38.8 Å². The predicted molar refractivity (Wildman–Crippen MR) is 128 cm³/mol. The van der Waals surface area contributed by atoms with E-state index in [1.807, 2.05) is 18.8 Å². The highest BCUT2D eigenvalue weighted by molar-refractivity contribution is 5.79. The summed E-state index contributed by atoms with van der Waals surface area (Å²) in [5.74, 6) is 0.858. The van der Waals surface area contributed by atoms with Crippen LogP contribution in [0.4, 0.5) is 0 Å². The summed E-state index contributed by atoms with van der Waals surface area (Å²) in [6.07, 6.45) is 2.36. The number of nitrogens with zero attached hydrogens (tertiary/aromatic N) is 5. The largest absolute Gasteiger partial charge is 0.356 e. The summed E-state index contributed by atoms with van der Waals surface area (Å²) in [7, 11) is 3.81. The number of unbranched alkanes of at least 4 members (excludes halogenated alkanes) is 1. The van der Waals surface area contributed by atoms with Crippen LogP contribution >= 0.6 is 0 Å².